The number of hydrogen-bond acceptors (Lipinski definition) is 2. The maximum atomic E-state index is 12.7. The number of hydrogen-bond donors (Lipinski definition) is 2. The summed E-state index contributed by atoms with van der Waals surface area (Å²) in [5, 5.41) is 12.4. The molecule has 0 aromatic heterocycles. The molecule has 1 aromatic rings. The van der Waals surface area contributed by atoms with Crippen LogP contribution >= 0.6 is 11.6 Å². The lowest BCUT2D eigenvalue weighted by molar-refractivity contribution is 0.191. The Morgan fingerprint density at radius 1 is 1.57 bits per heavy atom. The van der Waals surface area contributed by atoms with Gasteiger partial charge < -0.3 is 10.4 Å². The van der Waals surface area contributed by atoms with Crippen LogP contribution in [0, 0.1) is 5.82 Å². The van der Waals surface area contributed by atoms with E-state index >= 15 is 0 Å². The minimum atomic E-state index is -0.394. The summed E-state index contributed by atoms with van der Waals surface area (Å²) in [5.74, 6) is -0.339. The number of halogens is 2. The summed E-state index contributed by atoms with van der Waals surface area (Å²) >= 11 is 5.80. The van der Waals surface area contributed by atoms with Crippen LogP contribution in [0.15, 0.2) is 18.2 Å². The average Bonchev–Trinajstić information content (AvgIpc) is 2.08. The molecule has 14 heavy (non-hydrogen) atoms. The highest BCUT2D eigenvalue weighted by molar-refractivity contribution is 6.31. The molecule has 0 bridgehead atoms. The van der Waals surface area contributed by atoms with Gasteiger partial charge >= 0.3 is 0 Å². The van der Waals surface area contributed by atoms with E-state index < -0.39 is 6.10 Å². The maximum Gasteiger partial charge on any atom is 0.124 e. The van der Waals surface area contributed by atoms with Gasteiger partial charge in [-0.2, -0.15) is 0 Å². The van der Waals surface area contributed by atoms with E-state index in [2.05, 4.69) is 5.32 Å². The molecule has 0 aliphatic carbocycles. The second kappa shape index (κ2) is 5.29. The first-order valence-corrected chi connectivity index (χ1v) is 4.80. The van der Waals surface area contributed by atoms with Gasteiger partial charge in [-0.15, -0.1) is 0 Å². The van der Waals surface area contributed by atoms with Gasteiger partial charge in [-0.1, -0.05) is 17.7 Å². The highest BCUT2D eigenvalue weighted by Gasteiger charge is 2.02. The van der Waals surface area contributed by atoms with Crippen molar-refractivity contribution in [2.45, 2.75) is 19.6 Å². The van der Waals surface area contributed by atoms with E-state index in [0.717, 1.165) is 5.56 Å². The van der Waals surface area contributed by atoms with Crippen molar-refractivity contribution in [3.8, 4) is 0 Å². The SMILES string of the molecule is CC(O)CNCc1ccc(F)cc1Cl. The van der Waals surface area contributed by atoms with Gasteiger partial charge in [-0.05, 0) is 24.6 Å². The van der Waals surface area contributed by atoms with Gasteiger partial charge in [0.1, 0.15) is 5.82 Å². The Bertz CT molecular complexity index is 304. The molecule has 0 heterocycles. The van der Waals surface area contributed by atoms with Crippen LogP contribution in [0.1, 0.15) is 12.5 Å². The van der Waals surface area contributed by atoms with Gasteiger partial charge in [-0.3, -0.25) is 0 Å². The first kappa shape index (κ1) is 11.4. The largest absolute Gasteiger partial charge is 0.392 e. The molecule has 0 fully saturated rings. The van der Waals surface area contributed by atoms with Crippen molar-refractivity contribution in [2.24, 2.45) is 0 Å². The van der Waals surface area contributed by atoms with E-state index in [-0.39, 0.29) is 5.82 Å². The molecule has 2 nitrogen and oxygen atoms in total. The van der Waals surface area contributed by atoms with E-state index in [4.69, 9.17) is 16.7 Å². The number of benzene rings is 1. The summed E-state index contributed by atoms with van der Waals surface area (Å²) in [6, 6.07) is 4.28. The summed E-state index contributed by atoms with van der Waals surface area (Å²) in [7, 11) is 0. The zero-order chi connectivity index (χ0) is 10.6. The lowest BCUT2D eigenvalue weighted by atomic mass is 10.2. The van der Waals surface area contributed by atoms with Crippen molar-refractivity contribution < 1.29 is 9.50 Å². The van der Waals surface area contributed by atoms with Crippen LogP contribution < -0.4 is 5.32 Å². The quantitative estimate of drug-likeness (QED) is 0.808. The molecule has 0 saturated carbocycles. The Morgan fingerprint density at radius 3 is 2.86 bits per heavy atom. The van der Waals surface area contributed by atoms with Gasteiger partial charge in [0.15, 0.2) is 0 Å². The molecule has 1 atom stereocenters. The Morgan fingerprint density at radius 2 is 2.29 bits per heavy atom. The van der Waals surface area contributed by atoms with Crippen LogP contribution in [0.5, 0.6) is 0 Å². The number of aliphatic hydroxyl groups excluding tert-OH is 1. The Balaban J connectivity index is 2.51. The van der Waals surface area contributed by atoms with Crippen molar-refractivity contribution in [2.75, 3.05) is 6.54 Å². The van der Waals surface area contributed by atoms with Crippen molar-refractivity contribution in [3.05, 3.63) is 34.6 Å². The molecule has 0 aliphatic rings. The van der Waals surface area contributed by atoms with Crippen molar-refractivity contribution in [1.82, 2.24) is 5.32 Å². The molecule has 2 N–H and O–H groups in total. The summed E-state index contributed by atoms with van der Waals surface area (Å²) in [4.78, 5) is 0. The summed E-state index contributed by atoms with van der Waals surface area (Å²) in [5.41, 5.74) is 0.828. The molecule has 1 unspecified atom stereocenters. The molecule has 0 aliphatic heterocycles. The highest BCUT2D eigenvalue weighted by Crippen LogP contribution is 2.16. The molecule has 4 heteroatoms. The molecule has 1 aromatic carbocycles. The molecule has 78 valence electrons. The third kappa shape index (κ3) is 3.62. The van der Waals surface area contributed by atoms with Crippen LogP contribution in [0.3, 0.4) is 0 Å². The third-order valence-electron chi connectivity index (χ3n) is 1.77. The summed E-state index contributed by atoms with van der Waals surface area (Å²) in [6.45, 7) is 2.72. The predicted octanol–water partition coefficient (Wildman–Crippen LogP) is 1.95. The molecular weight excluding hydrogens is 205 g/mol. The predicted molar refractivity (Wildman–Crippen MR) is 54.8 cm³/mol. The summed E-state index contributed by atoms with van der Waals surface area (Å²) in [6.07, 6.45) is -0.394. The lowest BCUT2D eigenvalue weighted by Crippen LogP contribution is -2.23. The zero-order valence-electron chi connectivity index (χ0n) is 7.93. The van der Waals surface area contributed by atoms with Crippen molar-refractivity contribution in [3.63, 3.8) is 0 Å². The van der Waals surface area contributed by atoms with Gasteiger partial charge in [0.05, 0.1) is 6.10 Å². The first-order valence-electron chi connectivity index (χ1n) is 4.42. The molecule has 0 saturated heterocycles. The van der Waals surface area contributed by atoms with E-state index in [1.54, 1.807) is 13.0 Å². The van der Waals surface area contributed by atoms with Gasteiger partial charge in [-0.25, -0.2) is 4.39 Å². The number of nitrogens with one attached hydrogen (secondary N) is 1. The zero-order valence-corrected chi connectivity index (χ0v) is 8.68. The number of aliphatic hydroxyl groups is 1. The van der Waals surface area contributed by atoms with E-state index in [9.17, 15) is 4.39 Å². The van der Waals surface area contributed by atoms with Crippen LogP contribution in [0.4, 0.5) is 4.39 Å². The van der Waals surface area contributed by atoms with E-state index in [1.807, 2.05) is 0 Å². The van der Waals surface area contributed by atoms with Crippen LogP contribution in [-0.4, -0.2) is 17.8 Å². The van der Waals surface area contributed by atoms with E-state index in [0.29, 0.717) is 18.1 Å². The van der Waals surface area contributed by atoms with Gasteiger partial charge in [0.2, 0.25) is 0 Å². The molecule has 0 radical (unpaired) electrons. The Labute approximate surface area is 87.7 Å². The smallest absolute Gasteiger partial charge is 0.124 e. The van der Waals surface area contributed by atoms with Crippen LogP contribution in [0.25, 0.3) is 0 Å². The fraction of sp³-hybridized carbons (Fsp3) is 0.400. The maximum absolute atomic E-state index is 12.7. The van der Waals surface area contributed by atoms with Gasteiger partial charge in [0.25, 0.3) is 0 Å². The van der Waals surface area contributed by atoms with Gasteiger partial charge in [0, 0.05) is 18.1 Å². The third-order valence-corrected chi connectivity index (χ3v) is 2.12. The summed E-state index contributed by atoms with van der Waals surface area (Å²) < 4.78 is 12.7. The second-order valence-electron chi connectivity index (χ2n) is 3.22. The minimum Gasteiger partial charge on any atom is -0.392 e. The standard InChI is InChI=1S/C10H13ClFNO/c1-7(14)5-13-6-8-2-3-9(12)4-10(8)11/h2-4,7,13-14H,5-6H2,1H3. The molecular formula is C10H13ClFNO. The monoisotopic (exact) mass is 217 g/mol. The topological polar surface area (TPSA) is 32.3 Å². The highest BCUT2D eigenvalue weighted by atomic mass is 35.5. The molecule has 0 spiro atoms. The first-order chi connectivity index (χ1) is 6.59. The van der Waals surface area contributed by atoms with Crippen molar-refractivity contribution >= 4 is 11.6 Å². The Hall–Kier alpha value is -0.640. The average molecular weight is 218 g/mol. The second-order valence-corrected chi connectivity index (χ2v) is 3.62. The molecule has 1 rings (SSSR count). The van der Waals surface area contributed by atoms with Crippen molar-refractivity contribution in [1.29, 1.82) is 0 Å². The van der Waals surface area contributed by atoms with Crippen LogP contribution in [0.2, 0.25) is 5.02 Å². The Kier molecular flexibility index (Phi) is 4.32. The fourth-order valence-corrected chi connectivity index (χ4v) is 1.31. The lowest BCUT2D eigenvalue weighted by Gasteiger charge is -2.08. The minimum absolute atomic E-state index is 0.339. The molecule has 0 amide bonds. The normalized spacial score (nSPS) is 12.9. The number of rotatable bonds is 4. The van der Waals surface area contributed by atoms with E-state index in [1.165, 1.54) is 12.1 Å². The van der Waals surface area contributed by atoms with Crippen LogP contribution in [-0.2, 0) is 6.54 Å². The fourth-order valence-electron chi connectivity index (χ4n) is 1.08.